The van der Waals surface area contributed by atoms with E-state index in [2.05, 4.69) is 214 Å². The van der Waals surface area contributed by atoms with Crippen LogP contribution in [0.2, 0.25) is 0 Å². The van der Waals surface area contributed by atoms with Crippen LogP contribution in [0.5, 0.6) is 0 Å². The predicted molar refractivity (Wildman–Crippen MR) is 238 cm³/mol. The lowest BCUT2D eigenvalue weighted by Gasteiger charge is -2.17. The maximum Gasteiger partial charge on any atom is 0.0737 e. The first-order chi connectivity index (χ1) is 27.9. The summed E-state index contributed by atoms with van der Waals surface area (Å²) in [5.41, 5.74) is 18.2. The molecule has 5 aromatic rings. The highest BCUT2D eigenvalue weighted by atomic mass is 14.8. The number of aromatic nitrogens is 1. The van der Waals surface area contributed by atoms with E-state index in [-0.39, 0.29) is 5.41 Å². The fourth-order valence-corrected chi connectivity index (χ4v) is 8.42. The van der Waals surface area contributed by atoms with Gasteiger partial charge in [-0.25, -0.2) is 9.98 Å². The van der Waals surface area contributed by atoms with Gasteiger partial charge in [-0.05, 0) is 98.0 Å². The molecule has 10 rings (SSSR count). The van der Waals surface area contributed by atoms with Crippen molar-refractivity contribution >= 4 is 33.7 Å². The van der Waals surface area contributed by atoms with Crippen LogP contribution in [0.4, 0.5) is 0 Å². The Morgan fingerprint density at radius 3 is 1.11 bits per heavy atom. The third kappa shape index (κ3) is 6.18. The maximum absolute atomic E-state index is 5.55. The molecule has 57 heavy (non-hydrogen) atoms. The molecule has 0 fully saturated rings. The average Bonchev–Trinajstić information content (AvgIpc) is 4.04. The summed E-state index contributed by atoms with van der Waals surface area (Å²) in [6, 6.07) is 58.7. The molecular formula is C54H41N3. The van der Waals surface area contributed by atoms with Crippen LogP contribution < -0.4 is 10.7 Å². The average molecular weight is 732 g/mol. The summed E-state index contributed by atoms with van der Waals surface area (Å²) in [5, 5.41) is 1.99. The largest absolute Gasteiger partial charge is 0.354 e. The Morgan fingerprint density at radius 2 is 0.737 bits per heavy atom. The Balaban J connectivity index is 1.40. The first kappa shape index (κ1) is 34.4. The predicted octanol–water partition coefficient (Wildman–Crippen LogP) is 11.1. The summed E-state index contributed by atoms with van der Waals surface area (Å²) in [5.74, 6) is 0. The van der Waals surface area contributed by atoms with E-state index in [9.17, 15) is 0 Å². The SMILES string of the molecule is CC(C)(C)c1ccc2c3cc(c-2cc1)C(c1ccccc1)=C1C=CC(=N1)C(c1ccccc1)=c1ccc([nH]1)=C(c1ccccc1)C1=NC(=C3c2ccccc2)C=C1. The van der Waals surface area contributed by atoms with Crippen LogP contribution in [0.1, 0.15) is 59.7 Å². The smallest absolute Gasteiger partial charge is 0.0737 e. The van der Waals surface area contributed by atoms with Crippen molar-refractivity contribution in [2.75, 3.05) is 0 Å². The van der Waals surface area contributed by atoms with Gasteiger partial charge >= 0.3 is 0 Å². The third-order valence-corrected chi connectivity index (χ3v) is 11.2. The maximum atomic E-state index is 5.55. The molecule has 0 saturated carbocycles. The van der Waals surface area contributed by atoms with Crippen molar-refractivity contribution in [1.29, 1.82) is 0 Å². The van der Waals surface area contributed by atoms with E-state index in [1.54, 1.807) is 0 Å². The van der Waals surface area contributed by atoms with Crippen molar-refractivity contribution in [3.8, 4) is 11.1 Å². The molecule has 0 amide bonds. The molecule has 0 saturated heterocycles. The number of benzene rings is 4. The Kier molecular flexibility index (Phi) is 8.38. The first-order valence-electron chi connectivity index (χ1n) is 19.7. The number of aromatic amines is 1. The summed E-state index contributed by atoms with van der Waals surface area (Å²) < 4.78 is 0. The van der Waals surface area contributed by atoms with Crippen LogP contribution in [0.15, 0.2) is 209 Å². The van der Waals surface area contributed by atoms with Gasteiger partial charge < -0.3 is 4.98 Å². The van der Waals surface area contributed by atoms with Crippen molar-refractivity contribution in [2.24, 2.45) is 9.98 Å². The quantitative estimate of drug-likeness (QED) is 0.187. The number of hydrogen-bond acceptors (Lipinski definition) is 2. The molecule has 0 radical (unpaired) electrons. The van der Waals surface area contributed by atoms with Crippen molar-refractivity contribution in [1.82, 2.24) is 4.98 Å². The fourth-order valence-electron chi connectivity index (χ4n) is 8.42. The zero-order chi connectivity index (χ0) is 38.5. The molecule has 0 spiro atoms. The Bertz CT molecular complexity index is 2790. The van der Waals surface area contributed by atoms with Gasteiger partial charge in [-0.2, -0.15) is 0 Å². The molecule has 272 valence electrons. The lowest BCUT2D eigenvalue weighted by Crippen LogP contribution is -2.21. The van der Waals surface area contributed by atoms with Gasteiger partial charge in [0.15, 0.2) is 0 Å². The highest BCUT2D eigenvalue weighted by Crippen LogP contribution is 2.46. The van der Waals surface area contributed by atoms with Gasteiger partial charge in [0, 0.05) is 33.0 Å². The normalized spacial score (nSPS) is 15.1. The minimum absolute atomic E-state index is 0.0309. The minimum atomic E-state index is -0.0309. The summed E-state index contributed by atoms with van der Waals surface area (Å²) in [6.07, 6.45) is 8.74. The fraction of sp³-hybridized carbons (Fsp3) is 0.0741. The zero-order valence-corrected chi connectivity index (χ0v) is 32.3. The van der Waals surface area contributed by atoms with E-state index < -0.39 is 0 Å². The second-order valence-corrected chi connectivity index (χ2v) is 15.9. The number of nitrogens with one attached hydrogen (secondary N) is 1. The second-order valence-electron chi connectivity index (χ2n) is 15.9. The lowest BCUT2D eigenvalue weighted by molar-refractivity contribution is 0.591. The third-order valence-electron chi connectivity index (χ3n) is 11.2. The summed E-state index contributed by atoms with van der Waals surface area (Å²) in [4.78, 5) is 15.0. The van der Waals surface area contributed by atoms with Crippen LogP contribution in [0, 0.1) is 0 Å². The number of aliphatic imine (C=N–C) groups is 2. The molecule has 4 aromatic carbocycles. The van der Waals surface area contributed by atoms with Gasteiger partial charge in [0.05, 0.1) is 22.8 Å². The zero-order valence-electron chi connectivity index (χ0n) is 32.3. The topological polar surface area (TPSA) is 40.5 Å². The van der Waals surface area contributed by atoms with E-state index in [1.807, 2.05) is 0 Å². The second kappa shape index (κ2) is 13.9. The van der Waals surface area contributed by atoms with Crippen molar-refractivity contribution in [2.45, 2.75) is 26.2 Å². The molecule has 3 nitrogen and oxygen atoms in total. The van der Waals surface area contributed by atoms with Gasteiger partial charge in [0.2, 0.25) is 0 Å². The van der Waals surface area contributed by atoms with Gasteiger partial charge in [0.25, 0.3) is 0 Å². The van der Waals surface area contributed by atoms with Gasteiger partial charge in [-0.3, -0.25) is 0 Å². The number of allylic oxidation sites excluding steroid dienone is 4. The Hall–Kier alpha value is -7.10. The van der Waals surface area contributed by atoms with Gasteiger partial charge in [-0.1, -0.05) is 166 Å². The number of nitrogens with zero attached hydrogens (tertiary/aromatic N) is 2. The molecule has 8 bridgehead atoms. The van der Waals surface area contributed by atoms with Gasteiger partial charge in [-0.15, -0.1) is 0 Å². The van der Waals surface area contributed by atoms with Crippen LogP contribution in [-0.2, 0) is 5.41 Å². The standard InChI is InChI=1S/C54H41N3/c1-54(2,3)39-24-26-40-41(27-25-39)43-34-42(40)50(35-16-8-4-9-17-35)44-28-30-46(55-44)52(37-20-12-6-13-21-37)48-32-33-49(57-48)53(38-22-14-7-15-23-38)47-31-29-45(56-47)51(43)36-18-10-5-11-19-36/h4-34,57H,1-3H3. The number of hydrogen-bond donors (Lipinski definition) is 1. The molecule has 3 heteroatoms. The van der Waals surface area contributed by atoms with Crippen molar-refractivity contribution in [3.63, 3.8) is 0 Å². The van der Waals surface area contributed by atoms with Crippen molar-refractivity contribution < 1.29 is 0 Å². The number of H-pyrrole nitrogens is 1. The molecule has 0 unspecified atom stereocenters. The first-order valence-corrected chi connectivity index (χ1v) is 19.7. The van der Waals surface area contributed by atoms with Crippen LogP contribution in [0.25, 0.3) is 33.4 Å². The van der Waals surface area contributed by atoms with Crippen molar-refractivity contribution in [3.05, 3.63) is 249 Å². The highest BCUT2D eigenvalue weighted by molar-refractivity contribution is 6.31. The van der Waals surface area contributed by atoms with Gasteiger partial charge in [0.1, 0.15) is 0 Å². The van der Waals surface area contributed by atoms with E-state index in [0.717, 1.165) is 89.2 Å². The van der Waals surface area contributed by atoms with E-state index in [1.165, 1.54) is 16.7 Å². The van der Waals surface area contributed by atoms with Crippen LogP contribution in [0.3, 0.4) is 0 Å². The summed E-state index contributed by atoms with van der Waals surface area (Å²) in [7, 11) is 0. The lowest BCUT2D eigenvalue weighted by atomic mass is 9.88. The Morgan fingerprint density at radius 1 is 0.368 bits per heavy atom. The monoisotopic (exact) mass is 731 g/mol. The molecular weight excluding hydrogens is 691 g/mol. The molecule has 1 aromatic heterocycles. The van der Waals surface area contributed by atoms with E-state index in [0.29, 0.717) is 0 Å². The molecule has 1 N–H and O–H groups in total. The Labute approximate surface area is 333 Å². The summed E-state index contributed by atoms with van der Waals surface area (Å²) >= 11 is 0. The molecule has 2 aliphatic carbocycles. The minimum Gasteiger partial charge on any atom is -0.354 e. The highest BCUT2D eigenvalue weighted by Gasteiger charge is 2.28. The number of rotatable bonds is 4. The number of fused-ring (bicyclic) bond motifs is 9. The van der Waals surface area contributed by atoms with Crippen LogP contribution >= 0.6 is 0 Å². The summed E-state index contributed by atoms with van der Waals surface area (Å²) in [6.45, 7) is 6.84. The van der Waals surface area contributed by atoms with Crippen LogP contribution in [-0.4, -0.2) is 16.4 Å². The van der Waals surface area contributed by atoms with E-state index >= 15 is 0 Å². The van der Waals surface area contributed by atoms with E-state index in [4.69, 9.17) is 9.98 Å². The molecule has 5 aliphatic rings. The molecule has 0 atom stereocenters. The molecule has 4 heterocycles. The molecule has 3 aliphatic heterocycles.